The van der Waals surface area contributed by atoms with Crippen molar-refractivity contribution in [1.29, 1.82) is 0 Å². The Hall–Kier alpha value is -1.62. The molecule has 0 aromatic heterocycles. The minimum atomic E-state index is -1.26. The fourth-order valence-electron chi connectivity index (χ4n) is 1.89. The maximum absolute atomic E-state index is 13.4. The van der Waals surface area contributed by atoms with Gasteiger partial charge < -0.3 is 15.2 Å². The number of halogens is 1. The highest BCUT2D eigenvalue weighted by Crippen LogP contribution is 2.20. The number of carboxylic acid groups (broad SMARTS) is 1. The number of anilines is 1. The van der Waals surface area contributed by atoms with Crippen molar-refractivity contribution in [2.24, 2.45) is 5.92 Å². The molecule has 4 nitrogen and oxygen atoms in total. The molecule has 1 aromatic rings. The van der Waals surface area contributed by atoms with Gasteiger partial charge in [-0.15, -0.1) is 0 Å². The van der Waals surface area contributed by atoms with Gasteiger partial charge in [-0.3, -0.25) is 0 Å². The number of carbonyl (C=O) groups is 1. The summed E-state index contributed by atoms with van der Waals surface area (Å²) < 4.78 is 18.6. The second kappa shape index (κ2) is 5.14. The van der Waals surface area contributed by atoms with Crippen molar-refractivity contribution in [3.63, 3.8) is 0 Å². The number of benzene rings is 1. The van der Waals surface area contributed by atoms with Crippen molar-refractivity contribution in [3.05, 3.63) is 29.6 Å². The van der Waals surface area contributed by atoms with Gasteiger partial charge in [0.25, 0.3) is 0 Å². The lowest BCUT2D eigenvalue weighted by molar-refractivity contribution is 0.0693. The average molecular weight is 239 g/mol. The van der Waals surface area contributed by atoms with E-state index < -0.39 is 11.8 Å². The van der Waals surface area contributed by atoms with Gasteiger partial charge in [-0.2, -0.15) is 0 Å². The van der Waals surface area contributed by atoms with E-state index in [1.165, 1.54) is 6.07 Å². The molecule has 17 heavy (non-hydrogen) atoms. The Balaban J connectivity index is 2.09. The smallest absolute Gasteiger partial charge is 0.340 e. The predicted octanol–water partition coefficient (Wildman–Crippen LogP) is 1.97. The summed E-state index contributed by atoms with van der Waals surface area (Å²) in [6.07, 6.45) is 0.949. The number of aromatic carboxylic acids is 1. The molecule has 92 valence electrons. The minimum Gasteiger partial charge on any atom is -0.478 e. The largest absolute Gasteiger partial charge is 0.478 e. The molecular weight excluding hydrogens is 225 g/mol. The Morgan fingerprint density at radius 1 is 1.59 bits per heavy atom. The molecule has 0 amide bonds. The van der Waals surface area contributed by atoms with Crippen LogP contribution in [0, 0.1) is 11.7 Å². The molecule has 1 atom stereocenters. The van der Waals surface area contributed by atoms with Crippen LogP contribution in [-0.2, 0) is 4.74 Å². The quantitative estimate of drug-likeness (QED) is 0.843. The van der Waals surface area contributed by atoms with Crippen LogP contribution in [0.4, 0.5) is 10.1 Å². The van der Waals surface area contributed by atoms with Crippen LogP contribution in [0.15, 0.2) is 18.2 Å². The third-order valence-corrected chi connectivity index (χ3v) is 2.83. The van der Waals surface area contributed by atoms with Crippen LogP contribution in [0.5, 0.6) is 0 Å². The van der Waals surface area contributed by atoms with Crippen LogP contribution < -0.4 is 5.32 Å². The molecule has 1 aliphatic rings. The first-order valence-electron chi connectivity index (χ1n) is 5.52. The molecule has 0 spiro atoms. The molecule has 1 unspecified atom stereocenters. The van der Waals surface area contributed by atoms with Crippen LogP contribution in [0.25, 0.3) is 0 Å². The molecule has 0 radical (unpaired) electrons. The monoisotopic (exact) mass is 239 g/mol. The second-order valence-electron chi connectivity index (χ2n) is 4.08. The normalized spacial score (nSPS) is 19.2. The van der Waals surface area contributed by atoms with E-state index in [1.807, 2.05) is 0 Å². The predicted molar refractivity (Wildman–Crippen MR) is 60.8 cm³/mol. The number of hydrogen-bond acceptors (Lipinski definition) is 3. The van der Waals surface area contributed by atoms with Gasteiger partial charge in [-0.25, -0.2) is 9.18 Å². The van der Waals surface area contributed by atoms with E-state index in [-0.39, 0.29) is 5.56 Å². The number of ether oxygens (including phenoxy) is 1. The van der Waals surface area contributed by atoms with Gasteiger partial charge in [0.1, 0.15) is 11.4 Å². The molecule has 1 saturated heterocycles. The molecular formula is C12H14FNO3. The summed E-state index contributed by atoms with van der Waals surface area (Å²) in [5.74, 6) is -1.61. The second-order valence-corrected chi connectivity index (χ2v) is 4.08. The van der Waals surface area contributed by atoms with Crippen LogP contribution in [-0.4, -0.2) is 30.8 Å². The standard InChI is InChI=1S/C12H14FNO3/c13-9-2-1-3-10(11(9)12(15)16)14-6-8-4-5-17-7-8/h1-3,8,14H,4-7H2,(H,15,16). The fraction of sp³-hybridized carbons (Fsp3) is 0.417. The van der Waals surface area contributed by atoms with Gasteiger partial charge >= 0.3 is 5.97 Å². The topological polar surface area (TPSA) is 58.6 Å². The number of rotatable bonds is 4. The van der Waals surface area contributed by atoms with Crippen LogP contribution >= 0.6 is 0 Å². The summed E-state index contributed by atoms with van der Waals surface area (Å²) in [6.45, 7) is 2.01. The highest BCUT2D eigenvalue weighted by Gasteiger charge is 2.18. The van der Waals surface area contributed by atoms with Gasteiger partial charge in [0, 0.05) is 19.1 Å². The van der Waals surface area contributed by atoms with E-state index in [0.29, 0.717) is 24.8 Å². The lowest BCUT2D eigenvalue weighted by Crippen LogP contribution is -2.16. The van der Waals surface area contributed by atoms with Crippen molar-refractivity contribution < 1.29 is 19.0 Å². The molecule has 1 fully saturated rings. The zero-order chi connectivity index (χ0) is 12.3. The molecule has 1 aromatic carbocycles. The first-order chi connectivity index (χ1) is 8.18. The van der Waals surface area contributed by atoms with Crippen molar-refractivity contribution in [3.8, 4) is 0 Å². The molecule has 2 N–H and O–H groups in total. The van der Waals surface area contributed by atoms with Gasteiger partial charge in [0.2, 0.25) is 0 Å². The molecule has 2 rings (SSSR count). The molecule has 1 aliphatic heterocycles. The number of hydrogen-bond donors (Lipinski definition) is 2. The Labute approximate surface area is 98.4 Å². The van der Waals surface area contributed by atoms with E-state index in [4.69, 9.17) is 9.84 Å². The van der Waals surface area contributed by atoms with Gasteiger partial charge in [0.15, 0.2) is 0 Å². The number of carboxylic acids is 1. The third-order valence-electron chi connectivity index (χ3n) is 2.83. The van der Waals surface area contributed by atoms with Gasteiger partial charge in [-0.05, 0) is 18.6 Å². The Bertz CT molecular complexity index is 416. The Morgan fingerprint density at radius 3 is 3.06 bits per heavy atom. The SMILES string of the molecule is O=C(O)c1c(F)cccc1NCC1CCOC1. The van der Waals surface area contributed by atoms with Crippen LogP contribution in [0.1, 0.15) is 16.8 Å². The zero-order valence-electron chi connectivity index (χ0n) is 9.28. The highest BCUT2D eigenvalue weighted by molar-refractivity contribution is 5.94. The van der Waals surface area contributed by atoms with E-state index in [0.717, 1.165) is 19.1 Å². The van der Waals surface area contributed by atoms with Gasteiger partial charge in [-0.1, -0.05) is 6.07 Å². The van der Waals surface area contributed by atoms with E-state index >= 15 is 0 Å². The summed E-state index contributed by atoms with van der Waals surface area (Å²) in [6, 6.07) is 4.21. The highest BCUT2D eigenvalue weighted by atomic mass is 19.1. The van der Waals surface area contributed by atoms with Crippen LogP contribution in [0.2, 0.25) is 0 Å². The Morgan fingerprint density at radius 2 is 2.41 bits per heavy atom. The van der Waals surface area contributed by atoms with E-state index in [2.05, 4.69) is 5.32 Å². The lowest BCUT2D eigenvalue weighted by Gasteiger charge is -2.13. The molecule has 1 heterocycles. The first-order valence-corrected chi connectivity index (χ1v) is 5.52. The summed E-state index contributed by atoms with van der Waals surface area (Å²) in [5, 5.41) is 11.9. The Kier molecular flexibility index (Phi) is 3.58. The molecule has 0 bridgehead atoms. The summed E-state index contributed by atoms with van der Waals surface area (Å²) in [5.41, 5.74) is 0.0239. The maximum Gasteiger partial charge on any atom is 0.340 e. The van der Waals surface area contributed by atoms with E-state index in [9.17, 15) is 9.18 Å². The fourth-order valence-corrected chi connectivity index (χ4v) is 1.89. The lowest BCUT2D eigenvalue weighted by atomic mass is 10.1. The third kappa shape index (κ3) is 2.74. The molecule has 0 aliphatic carbocycles. The summed E-state index contributed by atoms with van der Waals surface area (Å²) >= 11 is 0. The van der Waals surface area contributed by atoms with Crippen molar-refractivity contribution in [1.82, 2.24) is 0 Å². The molecule has 5 heteroatoms. The van der Waals surface area contributed by atoms with Crippen molar-refractivity contribution >= 4 is 11.7 Å². The average Bonchev–Trinajstić information content (AvgIpc) is 2.78. The minimum absolute atomic E-state index is 0.300. The van der Waals surface area contributed by atoms with Crippen LogP contribution in [0.3, 0.4) is 0 Å². The zero-order valence-corrected chi connectivity index (χ0v) is 9.28. The van der Waals surface area contributed by atoms with Gasteiger partial charge in [0.05, 0.1) is 12.3 Å². The summed E-state index contributed by atoms with van der Waals surface area (Å²) in [4.78, 5) is 10.9. The van der Waals surface area contributed by atoms with Crippen molar-refractivity contribution in [2.45, 2.75) is 6.42 Å². The maximum atomic E-state index is 13.4. The van der Waals surface area contributed by atoms with Crippen molar-refractivity contribution in [2.75, 3.05) is 25.1 Å². The molecule has 0 saturated carbocycles. The number of nitrogens with one attached hydrogen (secondary N) is 1. The summed E-state index contributed by atoms with van der Waals surface area (Å²) in [7, 11) is 0. The van der Waals surface area contributed by atoms with E-state index in [1.54, 1.807) is 6.07 Å². The first kappa shape index (κ1) is 11.9.